The smallest absolute Gasteiger partial charge is 0.0406 e. The number of rotatable bonds is 6. The van der Waals surface area contributed by atoms with Crippen molar-refractivity contribution in [2.24, 2.45) is 17.3 Å². The molecule has 2 rings (SSSR count). The molecule has 0 spiro atoms. The number of nitrogens with one attached hydrogen (secondary N) is 1. The van der Waals surface area contributed by atoms with Crippen LogP contribution in [0.5, 0.6) is 0 Å². The minimum Gasteiger partial charge on any atom is -0.316 e. The van der Waals surface area contributed by atoms with Gasteiger partial charge in [0.1, 0.15) is 0 Å². The fourth-order valence-corrected chi connectivity index (χ4v) is 2.78. The second-order valence-corrected chi connectivity index (χ2v) is 6.85. The first kappa shape index (κ1) is 13.9. The molecule has 2 unspecified atom stereocenters. The van der Waals surface area contributed by atoms with Crippen molar-refractivity contribution in [2.75, 3.05) is 13.1 Å². The van der Waals surface area contributed by atoms with Gasteiger partial charge in [-0.25, -0.2) is 0 Å². The molecule has 1 aromatic carbocycles. The Morgan fingerprint density at radius 1 is 1.33 bits per heavy atom. The molecule has 2 atom stereocenters. The first-order valence-corrected chi connectivity index (χ1v) is 7.32. The monoisotopic (exact) mass is 265 g/mol. The van der Waals surface area contributed by atoms with Crippen molar-refractivity contribution in [3.05, 3.63) is 34.9 Å². The van der Waals surface area contributed by atoms with Crippen LogP contribution in [-0.2, 0) is 6.42 Å². The fraction of sp³-hybridized carbons (Fsp3) is 0.625. The molecule has 1 aliphatic rings. The van der Waals surface area contributed by atoms with Gasteiger partial charge in [-0.3, -0.25) is 0 Å². The molecule has 100 valence electrons. The lowest BCUT2D eigenvalue weighted by atomic mass is 9.96. The van der Waals surface area contributed by atoms with Crippen molar-refractivity contribution in [1.82, 2.24) is 5.32 Å². The second-order valence-electron chi connectivity index (χ2n) is 6.41. The number of benzene rings is 1. The Bertz CT molecular complexity index is 385. The summed E-state index contributed by atoms with van der Waals surface area (Å²) in [5.74, 6) is 1.58. The summed E-state index contributed by atoms with van der Waals surface area (Å²) in [6.07, 6.45) is 2.53. The molecule has 0 bridgehead atoms. The van der Waals surface area contributed by atoms with Crippen molar-refractivity contribution in [3.8, 4) is 0 Å². The lowest BCUT2D eigenvalue weighted by Gasteiger charge is -2.13. The highest BCUT2D eigenvalue weighted by atomic mass is 35.5. The van der Waals surface area contributed by atoms with Crippen LogP contribution in [0.3, 0.4) is 0 Å². The van der Waals surface area contributed by atoms with Crippen molar-refractivity contribution < 1.29 is 0 Å². The summed E-state index contributed by atoms with van der Waals surface area (Å²) in [7, 11) is 0. The Labute approximate surface area is 116 Å². The third-order valence-corrected chi connectivity index (χ3v) is 4.25. The van der Waals surface area contributed by atoms with Crippen LogP contribution in [0.2, 0.25) is 5.02 Å². The minimum atomic E-state index is 0.498. The fourth-order valence-electron chi connectivity index (χ4n) is 2.65. The van der Waals surface area contributed by atoms with Crippen LogP contribution in [0.25, 0.3) is 0 Å². The van der Waals surface area contributed by atoms with Crippen LogP contribution >= 0.6 is 11.6 Å². The van der Waals surface area contributed by atoms with Gasteiger partial charge in [0.25, 0.3) is 0 Å². The second kappa shape index (κ2) is 5.63. The Balaban J connectivity index is 1.78. The average molecular weight is 266 g/mol. The van der Waals surface area contributed by atoms with Gasteiger partial charge in [0, 0.05) is 5.02 Å². The molecule has 1 aromatic rings. The molecule has 0 heterocycles. The normalized spacial score (nSPS) is 26.6. The molecule has 0 radical (unpaired) electrons. The van der Waals surface area contributed by atoms with Crippen LogP contribution in [0.1, 0.15) is 32.8 Å². The molecule has 1 aliphatic carbocycles. The molecule has 1 fully saturated rings. The van der Waals surface area contributed by atoms with E-state index in [1.807, 2.05) is 12.1 Å². The van der Waals surface area contributed by atoms with E-state index in [1.165, 1.54) is 24.9 Å². The zero-order valence-electron chi connectivity index (χ0n) is 11.7. The van der Waals surface area contributed by atoms with E-state index in [4.69, 9.17) is 11.6 Å². The van der Waals surface area contributed by atoms with Crippen LogP contribution in [0, 0.1) is 17.3 Å². The van der Waals surface area contributed by atoms with Gasteiger partial charge in [-0.2, -0.15) is 0 Å². The van der Waals surface area contributed by atoms with E-state index < -0.39 is 0 Å². The predicted octanol–water partition coefficient (Wildman–Crippen LogP) is 4.15. The van der Waals surface area contributed by atoms with E-state index in [2.05, 4.69) is 38.2 Å². The first-order valence-electron chi connectivity index (χ1n) is 6.95. The van der Waals surface area contributed by atoms with Crippen LogP contribution < -0.4 is 5.32 Å². The summed E-state index contributed by atoms with van der Waals surface area (Å²) >= 11 is 5.92. The van der Waals surface area contributed by atoms with E-state index in [9.17, 15) is 0 Å². The summed E-state index contributed by atoms with van der Waals surface area (Å²) in [6.45, 7) is 9.22. The topological polar surface area (TPSA) is 12.0 Å². The SMILES string of the molecule is CC(C)CNCC1CC1(C)Cc1ccc(Cl)cc1. The van der Waals surface area contributed by atoms with Crippen molar-refractivity contribution in [1.29, 1.82) is 0 Å². The Morgan fingerprint density at radius 2 is 2.00 bits per heavy atom. The van der Waals surface area contributed by atoms with Crippen LogP contribution in [-0.4, -0.2) is 13.1 Å². The minimum absolute atomic E-state index is 0.498. The number of hydrogen-bond acceptors (Lipinski definition) is 1. The molecule has 2 heteroatoms. The summed E-state index contributed by atoms with van der Waals surface area (Å²) in [5, 5.41) is 4.40. The summed E-state index contributed by atoms with van der Waals surface area (Å²) < 4.78 is 0. The third kappa shape index (κ3) is 3.73. The molecule has 0 aliphatic heterocycles. The Morgan fingerprint density at radius 3 is 2.61 bits per heavy atom. The molecule has 18 heavy (non-hydrogen) atoms. The zero-order valence-corrected chi connectivity index (χ0v) is 12.4. The van der Waals surface area contributed by atoms with E-state index in [0.29, 0.717) is 5.41 Å². The highest BCUT2D eigenvalue weighted by molar-refractivity contribution is 6.30. The molecular weight excluding hydrogens is 242 g/mol. The van der Waals surface area contributed by atoms with Gasteiger partial charge < -0.3 is 5.32 Å². The molecule has 1 nitrogen and oxygen atoms in total. The van der Waals surface area contributed by atoms with E-state index in [1.54, 1.807) is 0 Å². The van der Waals surface area contributed by atoms with E-state index in [-0.39, 0.29) is 0 Å². The van der Waals surface area contributed by atoms with Gasteiger partial charge in [0.15, 0.2) is 0 Å². The molecule has 1 saturated carbocycles. The first-order chi connectivity index (χ1) is 8.49. The standard InChI is InChI=1S/C16H24ClN/c1-12(2)10-18-11-14-9-16(14,3)8-13-4-6-15(17)7-5-13/h4-7,12,14,18H,8-11H2,1-3H3. The third-order valence-electron chi connectivity index (χ3n) is 4.00. The van der Waals surface area contributed by atoms with Crippen molar-refractivity contribution >= 4 is 11.6 Å². The van der Waals surface area contributed by atoms with Crippen LogP contribution in [0.15, 0.2) is 24.3 Å². The van der Waals surface area contributed by atoms with Gasteiger partial charge in [0.05, 0.1) is 0 Å². The maximum absolute atomic E-state index is 5.92. The quantitative estimate of drug-likeness (QED) is 0.815. The lowest BCUT2D eigenvalue weighted by molar-refractivity contribution is 0.459. The molecule has 1 N–H and O–H groups in total. The van der Waals surface area contributed by atoms with E-state index >= 15 is 0 Å². The van der Waals surface area contributed by atoms with Gasteiger partial charge in [-0.15, -0.1) is 0 Å². The summed E-state index contributed by atoms with van der Waals surface area (Å²) in [5.41, 5.74) is 1.91. The predicted molar refractivity (Wildman–Crippen MR) is 79.1 cm³/mol. The zero-order chi connectivity index (χ0) is 13.2. The molecule has 0 saturated heterocycles. The largest absolute Gasteiger partial charge is 0.316 e. The highest BCUT2D eigenvalue weighted by Gasteiger charge is 2.48. The average Bonchev–Trinajstić information content (AvgIpc) is 2.92. The van der Waals surface area contributed by atoms with Gasteiger partial charge in [-0.05, 0) is 60.9 Å². The summed E-state index contributed by atoms with van der Waals surface area (Å²) in [6, 6.07) is 8.30. The lowest BCUT2D eigenvalue weighted by Crippen LogP contribution is -2.23. The van der Waals surface area contributed by atoms with Crippen molar-refractivity contribution in [2.45, 2.75) is 33.6 Å². The van der Waals surface area contributed by atoms with Gasteiger partial charge >= 0.3 is 0 Å². The van der Waals surface area contributed by atoms with Crippen LogP contribution in [0.4, 0.5) is 0 Å². The maximum Gasteiger partial charge on any atom is 0.0406 e. The Hall–Kier alpha value is -0.530. The Kier molecular flexibility index (Phi) is 4.34. The highest BCUT2D eigenvalue weighted by Crippen LogP contribution is 2.53. The maximum atomic E-state index is 5.92. The molecular formula is C16H24ClN. The van der Waals surface area contributed by atoms with E-state index in [0.717, 1.165) is 23.4 Å². The number of hydrogen-bond donors (Lipinski definition) is 1. The van der Waals surface area contributed by atoms with Crippen molar-refractivity contribution in [3.63, 3.8) is 0 Å². The summed E-state index contributed by atoms with van der Waals surface area (Å²) in [4.78, 5) is 0. The molecule has 0 aromatic heterocycles. The van der Waals surface area contributed by atoms with Gasteiger partial charge in [-0.1, -0.05) is 44.5 Å². The number of halogens is 1. The molecule has 0 amide bonds. The van der Waals surface area contributed by atoms with Gasteiger partial charge in [0.2, 0.25) is 0 Å².